The highest BCUT2D eigenvalue weighted by Gasteiger charge is 2.00. The van der Waals surface area contributed by atoms with Gasteiger partial charge in [0.2, 0.25) is 0 Å². The van der Waals surface area contributed by atoms with Gasteiger partial charge in [-0.25, -0.2) is 0 Å². The van der Waals surface area contributed by atoms with Crippen molar-refractivity contribution in [3.63, 3.8) is 0 Å². The van der Waals surface area contributed by atoms with Gasteiger partial charge < -0.3 is 5.32 Å². The molecule has 2 rings (SSSR count). The van der Waals surface area contributed by atoms with Crippen LogP contribution in [0.3, 0.4) is 0 Å². The van der Waals surface area contributed by atoms with Crippen molar-refractivity contribution in [2.75, 3.05) is 6.54 Å². The Morgan fingerprint density at radius 3 is 2.79 bits per heavy atom. The van der Waals surface area contributed by atoms with Crippen LogP contribution in [-0.2, 0) is 13.0 Å². The van der Waals surface area contributed by atoms with E-state index in [-0.39, 0.29) is 0 Å². The summed E-state index contributed by atoms with van der Waals surface area (Å²) < 4.78 is 1.10. The number of hydrogen-bond donors (Lipinski definition) is 1. The van der Waals surface area contributed by atoms with Gasteiger partial charge in [0, 0.05) is 16.0 Å². The lowest BCUT2D eigenvalue weighted by molar-refractivity contribution is 0.685. The minimum Gasteiger partial charge on any atom is -0.312 e. The maximum absolute atomic E-state index is 5.99. The fourth-order valence-electron chi connectivity index (χ4n) is 2.00. The van der Waals surface area contributed by atoms with Crippen LogP contribution < -0.4 is 5.32 Å². The van der Waals surface area contributed by atoms with E-state index in [9.17, 15) is 0 Å². The third-order valence-corrected chi connectivity index (χ3v) is 4.00. The fourth-order valence-corrected chi connectivity index (χ4v) is 2.58. The van der Waals surface area contributed by atoms with E-state index in [2.05, 4.69) is 52.4 Å². The van der Waals surface area contributed by atoms with Crippen LogP contribution in [0.4, 0.5) is 0 Å². The van der Waals surface area contributed by atoms with Gasteiger partial charge in [-0.2, -0.15) is 0 Å². The first-order valence-corrected chi connectivity index (χ1v) is 7.52. The predicted molar refractivity (Wildman–Crippen MR) is 85.7 cm³/mol. The molecule has 0 heterocycles. The lowest BCUT2D eigenvalue weighted by Gasteiger charge is -2.08. The van der Waals surface area contributed by atoms with Gasteiger partial charge in [-0.3, -0.25) is 0 Å². The lowest BCUT2D eigenvalue weighted by Crippen LogP contribution is -2.17. The van der Waals surface area contributed by atoms with Gasteiger partial charge >= 0.3 is 0 Å². The minimum absolute atomic E-state index is 0.777. The molecule has 0 saturated heterocycles. The number of nitrogens with one attached hydrogen (secondary N) is 1. The maximum Gasteiger partial charge on any atom is 0.0410 e. The smallest absolute Gasteiger partial charge is 0.0410 e. The van der Waals surface area contributed by atoms with E-state index in [1.165, 1.54) is 16.7 Å². The molecule has 19 heavy (non-hydrogen) atoms. The van der Waals surface area contributed by atoms with Gasteiger partial charge in [0.05, 0.1) is 0 Å². The van der Waals surface area contributed by atoms with E-state index in [0.29, 0.717) is 0 Å². The number of benzene rings is 2. The molecule has 0 atom stereocenters. The Hall–Kier alpha value is -0.830. The topological polar surface area (TPSA) is 12.0 Å². The van der Waals surface area contributed by atoms with Crippen LogP contribution in [0.1, 0.15) is 16.7 Å². The van der Waals surface area contributed by atoms with Crippen LogP contribution >= 0.6 is 27.5 Å². The molecule has 0 radical (unpaired) electrons. The highest BCUT2D eigenvalue weighted by atomic mass is 79.9. The molecule has 0 unspecified atom stereocenters. The largest absolute Gasteiger partial charge is 0.312 e. The fraction of sp³-hybridized carbons (Fsp3) is 0.250. The molecule has 1 N–H and O–H groups in total. The zero-order chi connectivity index (χ0) is 13.7. The molecule has 0 fully saturated rings. The lowest BCUT2D eigenvalue weighted by atomic mass is 10.1. The van der Waals surface area contributed by atoms with Gasteiger partial charge in [-0.15, -0.1) is 0 Å². The molecule has 0 aromatic heterocycles. The SMILES string of the molecule is Cc1cccc(CCNCc2cc(Cl)ccc2Br)c1. The van der Waals surface area contributed by atoms with Crippen molar-refractivity contribution < 1.29 is 0 Å². The minimum atomic E-state index is 0.777. The van der Waals surface area contributed by atoms with Crippen LogP contribution in [0.2, 0.25) is 5.02 Å². The highest BCUT2D eigenvalue weighted by Crippen LogP contribution is 2.20. The number of aryl methyl sites for hydroxylation is 1. The van der Waals surface area contributed by atoms with E-state index in [1.807, 2.05) is 18.2 Å². The number of halogens is 2. The Morgan fingerprint density at radius 1 is 1.16 bits per heavy atom. The molecule has 3 heteroatoms. The molecule has 0 amide bonds. The molecular formula is C16H17BrClN. The normalized spacial score (nSPS) is 10.7. The number of hydrogen-bond acceptors (Lipinski definition) is 1. The summed E-state index contributed by atoms with van der Waals surface area (Å²) in [5, 5.41) is 4.23. The summed E-state index contributed by atoms with van der Waals surface area (Å²) in [6.45, 7) is 3.91. The summed E-state index contributed by atoms with van der Waals surface area (Å²) in [7, 11) is 0. The monoisotopic (exact) mass is 337 g/mol. The summed E-state index contributed by atoms with van der Waals surface area (Å²) in [6.07, 6.45) is 1.04. The summed E-state index contributed by atoms with van der Waals surface area (Å²) in [4.78, 5) is 0. The maximum atomic E-state index is 5.99. The third-order valence-electron chi connectivity index (χ3n) is 3.00. The summed E-state index contributed by atoms with van der Waals surface area (Å²) in [5.74, 6) is 0. The Labute approximate surface area is 128 Å². The quantitative estimate of drug-likeness (QED) is 0.776. The van der Waals surface area contributed by atoms with Crippen LogP contribution in [0.5, 0.6) is 0 Å². The second-order valence-electron chi connectivity index (χ2n) is 4.65. The van der Waals surface area contributed by atoms with Crippen LogP contribution in [0, 0.1) is 6.92 Å². The zero-order valence-electron chi connectivity index (χ0n) is 10.9. The van der Waals surface area contributed by atoms with Crippen molar-refractivity contribution in [3.05, 3.63) is 68.7 Å². The molecule has 100 valence electrons. The molecule has 2 aromatic carbocycles. The zero-order valence-corrected chi connectivity index (χ0v) is 13.3. The first-order chi connectivity index (χ1) is 9.15. The average molecular weight is 339 g/mol. The van der Waals surface area contributed by atoms with Crippen LogP contribution in [0.15, 0.2) is 46.9 Å². The average Bonchev–Trinajstić information content (AvgIpc) is 2.39. The Morgan fingerprint density at radius 2 is 2.00 bits per heavy atom. The first-order valence-electron chi connectivity index (χ1n) is 6.35. The molecule has 0 saturated carbocycles. The Bertz CT molecular complexity index is 554. The van der Waals surface area contributed by atoms with Crippen molar-refractivity contribution in [2.24, 2.45) is 0 Å². The van der Waals surface area contributed by atoms with Crippen LogP contribution in [-0.4, -0.2) is 6.54 Å². The second kappa shape index (κ2) is 7.09. The summed E-state index contributed by atoms with van der Waals surface area (Å²) in [6, 6.07) is 14.5. The van der Waals surface area contributed by atoms with Crippen molar-refractivity contribution in [2.45, 2.75) is 19.9 Å². The molecule has 0 aliphatic heterocycles. The van der Waals surface area contributed by atoms with E-state index in [4.69, 9.17) is 11.6 Å². The van der Waals surface area contributed by atoms with E-state index in [1.54, 1.807) is 0 Å². The summed E-state index contributed by atoms with van der Waals surface area (Å²) >= 11 is 9.53. The van der Waals surface area contributed by atoms with E-state index in [0.717, 1.165) is 29.0 Å². The molecule has 2 aromatic rings. The first kappa shape index (κ1) is 14.6. The molecule has 1 nitrogen and oxygen atoms in total. The molecule has 0 aliphatic carbocycles. The van der Waals surface area contributed by atoms with Crippen molar-refractivity contribution in [1.29, 1.82) is 0 Å². The van der Waals surface area contributed by atoms with Gasteiger partial charge in [-0.05, 0) is 49.2 Å². The molecule has 0 spiro atoms. The standard InChI is InChI=1S/C16H17BrClN/c1-12-3-2-4-13(9-12)7-8-19-11-14-10-15(18)5-6-16(14)17/h2-6,9-10,19H,7-8,11H2,1H3. The van der Waals surface area contributed by atoms with Gasteiger partial charge in [0.25, 0.3) is 0 Å². The Kier molecular flexibility index (Phi) is 5.44. The van der Waals surface area contributed by atoms with Gasteiger partial charge in [-0.1, -0.05) is 57.4 Å². The van der Waals surface area contributed by atoms with E-state index >= 15 is 0 Å². The highest BCUT2D eigenvalue weighted by molar-refractivity contribution is 9.10. The third kappa shape index (κ3) is 4.64. The molecule has 0 bridgehead atoms. The predicted octanol–water partition coefficient (Wildman–Crippen LogP) is 4.74. The van der Waals surface area contributed by atoms with Gasteiger partial charge in [0.15, 0.2) is 0 Å². The van der Waals surface area contributed by atoms with Crippen molar-refractivity contribution >= 4 is 27.5 Å². The van der Waals surface area contributed by atoms with Crippen molar-refractivity contribution in [1.82, 2.24) is 5.32 Å². The summed E-state index contributed by atoms with van der Waals surface area (Å²) in [5.41, 5.74) is 3.88. The molecule has 0 aliphatic rings. The Balaban J connectivity index is 1.82. The van der Waals surface area contributed by atoms with Crippen LogP contribution in [0.25, 0.3) is 0 Å². The van der Waals surface area contributed by atoms with Crippen molar-refractivity contribution in [3.8, 4) is 0 Å². The van der Waals surface area contributed by atoms with Gasteiger partial charge in [0.1, 0.15) is 0 Å². The van der Waals surface area contributed by atoms with E-state index < -0.39 is 0 Å². The second-order valence-corrected chi connectivity index (χ2v) is 5.94. The number of rotatable bonds is 5. The molecular weight excluding hydrogens is 322 g/mol.